The van der Waals surface area contributed by atoms with Gasteiger partial charge in [0.1, 0.15) is 6.29 Å². The molecule has 7 heteroatoms. The van der Waals surface area contributed by atoms with Crippen LogP contribution in [0.1, 0.15) is 12.8 Å². The summed E-state index contributed by atoms with van der Waals surface area (Å²) in [6, 6.07) is 0. The van der Waals surface area contributed by atoms with E-state index in [0.29, 0.717) is 30.6 Å². The van der Waals surface area contributed by atoms with Gasteiger partial charge in [0.05, 0.1) is 6.33 Å². The number of nitrogens with zero attached hydrogens (tertiary/aromatic N) is 4. The highest BCUT2D eigenvalue weighted by Gasteiger charge is 2.13. The lowest BCUT2D eigenvalue weighted by Crippen LogP contribution is -2.37. The van der Waals surface area contributed by atoms with Crippen LogP contribution >= 0.6 is 0 Å². The van der Waals surface area contributed by atoms with E-state index < -0.39 is 5.69 Å². The van der Waals surface area contributed by atoms with Gasteiger partial charge in [-0.15, -0.1) is 0 Å². The van der Waals surface area contributed by atoms with Crippen LogP contribution in [0.25, 0.3) is 11.2 Å². The number of imidazole rings is 1. The summed E-state index contributed by atoms with van der Waals surface area (Å²) in [7, 11) is 3.01. The van der Waals surface area contributed by atoms with Crippen LogP contribution in [0, 0.1) is 0 Å². The number of unbranched alkanes of at least 4 members (excludes halogenated alkanes) is 1. The Morgan fingerprint density at radius 1 is 1.28 bits per heavy atom. The van der Waals surface area contributed by atoms with E-state index in [4.69, 9.17) is 0 Å². The Hall–Kier alpha value is -2.18. The summed E-state index contributed by atoms with van der Waals surface area (Å²) in [5.41, 5.74) is 0.00190. The fourth-order valence-corrected chi connectivity index (χ4v) is 1.91. The van der Waals surface area contributed by atoms with E-state index in [1.54, 1.807) is 11.6 Å². The number of carbonyl (C=O) groups excluding carboxylic acids is 1. The molecule has 0 aromatic carbocycles. The number of hydrogen-bond donors (Lipinski definition) is 0. The van der Waals surface area contributed by atoms with Gasteiger partial charge in [0.2, 0.25) is 0 Å². The van der Waals surface area contributed by atoms with Crippen molar-refractivity contribution in [2.24, 2.45) is 14.1 Å². The van der Waals surface area contributed by atoms with Gasteiger partial charge >= 0.3 is 5.69 Å². The van der Waals surface area contributed by atoms with Crippen molar-refractivity contribution in [3.05, 3.63) is 27.2 Å². The highest BCUT2D eigenvalue weighted by molar-refractivity contribution is 5.69. The highest BCUT2D eigenvalue weighted by atomic mass is 16.2. The molecule has 2 aromatic rings. The van der Waals surface area contributed by atoms with E-state index >= 15 is 0 Å². The van der Waals surface area contributed by atoms with Crippen LogP contribution < -0.4 is 11.2 Å². The summed E-state index contributed by atoms with van der Waals surface area (Å²) in [5, 5.41) is 0. The molecule has 2 rings (SSSR count). The second-order valence-corrected chi connectivity index (χ2v) is 4.12. The number of fused-ring (bicyclic) bond motifs is 1. The number of aryl methyl sites for hydroxylation is 2. The third kappa shape index (κ3) is 1.77. The Morgan fingerprint density at radius 2 is 2.00 bits per heavy atom. The molecule has 0 N–H and O–H groups in total. The molecule has 0 spiro atoms. The van der Waals surface area contributed by atoms with Crippen molar-refractivity contribution in [2.75, 3.05) is 0 Å². The smallest absolute Gasteiger partial charge is 0.325 e. The largest absolute Gasteiger partial charge is 0.332 e. The quantitative estimate of drug-likeness (QED) is 0.537. The third-order valence-electron chi connectivity index (χ3n) is 2.94. The molecule has 2 heterocycles. The van der Waals surface area contributed by atoms with Gasteiger partial charge in [-0.2, -0.15) is 0 Å². The Balaban J connectivity index is 2.62. The first-order valence-corrected chi connectivity index (χ1v) is 5.62. The lowest BCUT2D eigenvalue weighted by Gasteiger charge is -2.05. The fourth-order valence-electron chi connectivity index (χ4n) is 1.91. The third-order valence-corrected chi connectivity index (χ3v) is 2.94. The van der Waals surface area contributed by atoms with Crippen LogP contribution in [0.2, 0.25) is 0 Å². The lowest BCUT2D eigenvalue weighted by molar-refractivity contribution is -0.107. The van der Waals surface area contributed by atoms with Crippen molar-refractivity contribution in [3.63, 3.8) is 0 Å². The molecule has 0 saturated carbocycles. The maximum atomic E-state index is 12.0. The van der Waals surface area contributed by atoms with Crippen molar-refractivity contribution in [1.82, 2.24) is 18.7 Å². The molecule has 0 unspecified atom stereocenters. The summed E-state index contributed by atoms with van der Waals surface area (Å²) in [4.78, 5) is 38.1. The SMILES string of the molecule is Cn1c(=O)c2c(ncn2CCCC=O)n(C)c1=O. The zero-order chi connectivity index (χ0) is 13.3. The lowest BCUT2D eigenvalue weighted by atomic mass is 10.3. The number of carbonyl (C=O) groups is 1. The second-order valence-electron chi connectivity index (χ2n) is 4.12. The minimum Gasteiger partial charge on any atom is -0.325 e. The molecule has 96 valence electrons. The normalized spacial score (nSPS) is 11.0. The van der Waals surface area contributed by atoms with Crippen LogP contribution in [-0.4, -0.2) is 25.0 Å². The maximum Gasteiger partial charge on any atom is 0.332 e. The van der Waals surface area contributed by atoms with Crippen LogP contribution in [0.3, 0.4) is 0 Å². The van der Waals surface area contributed by atoms with Crippen LogP contribution in [-0.2, 0) is 25.4 Å². The first-order chi connectivity index (χ1) is 8.57. The van der Waals surface area contributed by atoms with Crippen LogP contribution in [0.4, 0.5) is 0 Å². The summed E-state index contributed by atoms with van der Waals surface area (Å²) < 4.78 is 4.08. The topological polar surface area (TPSA) is 78.9 Å². The van der Waals surface area contributed by atoms with Gasteiger partial charge in [-0.25, -0.2) is 9.78 Å². The molecule has 0 aliphatic heterocycles. The van der Waals surface area contributed by atoms with Gasteiger partial charge in [-0.3, -0.25) is 13.9 Å². The molecule has 7 nitrogen and oxygen atoms in total. The molecule has 0 atom stereocenters. The van der Waals surface area contributed by atoms with E-state index in [-0.39, 0.29) is 5.56 Å². The molecule has 0 amide bonds. The fraction of sp³-hybridized carbons (Fsp3) is 0.455. The average Bonchev–Trinajstić information content (AvgIpc) is 2.78. The van der Waals surface area contributed by atoms with Crippen LogP contribution in [0.5, 0.6) is 0 Å². The molecular formula is C11H14N4O3. The number of rotatable bonds is 4. The van der Waals surface area contributed by atoms with Gasteiger partial charge in [-0.05, 0) is 6.42 Å². The van der Waals surface area contributed by atoms with Gasteiger partial charge < -0.3 is 9.36 Å². The van der Waals surface area contributed by atoms with E-state index in [2.05, 4.69) is 4.98 Å². The summed E-state index contributed by atoms with van der Waals surface area (Å²) >= 11 is 0. The van der Waals surface area contributed by atoms with Crippen molar-refractivity contribution >= 4 is 17.5 Å². The Kier molecular flexibility index (Phi) is 3.14. The minimum absolute atomic E-state index is 0.364. The van der Waals surface area contributed by atoms with E-state index in [1.807, 2.05) is 0 Å². The summed E-state index contributed by atoms with van der Waals surface area (Å²) in [5.74, 6) is 0. The highest BCUT2D eigenvalue weighted by Crippen LogP contribution is 2.06. The molecule has 0 aliphatic carbocycles. The Morgan fingerprint density at radius 3 is 2.67 bits per heavy atom. The second kappa shape index (κ2) is 4.59. The van der Waals surface area contributed by atoms with Crippen molar-refractivity contribution in [1.29, 1.82) is 0 Å². The molecular weight excluding hydrogens is 236 g/mol. The number of aldehydes is 1. The molecule has 18 heavy (non-hydrogen) atoms. The number of hydrogen-bond acceptors (Lipinski definition) is 4. The zero-order valence-corrected chi connectivity index (χ0v) is 10.3. The molecule has 0 fully saturated rings. The molecule has 0 aliphatic rings. The molecule has 0 radical (unpaired) electrons. The van der Waals surface area contributed by atoms with Gasteiger partial charge in [0, 0.05) is 27.1 Å². The molecule has 2 aromatic heterocycles. The van der Waals surface area contributed by atoms with Crippen molar-refractivity contribution < 1.29 is 4.79 Å². The van der Waals surface area contributed by atoms with E-state index in [9.17, 15) is 14.4 Å². The predicted molar refractivity (Wildman–Crippen MR) is 65.5 cm³/mol. The average molecular weight is 250 g/mol. The maximum absolute atomic E-state index is 12.0. The minimum atomic E-state index is -0.398. The Labute approximate surface area is 102 Å². The first-order valence-electron chi connectivity index (χ1n) is 5.62. The van der Waals surface area contributed by atoms with Gasteiger partial charge in [0.25, 0.3) is 5.56 Å². The van der Waals surface area contributed by atoms with Gasteiger partial charge in [-0.1, -0.05) is 0 Å². The Bertz CT molecular complexity index is 707. The number of aromatic nitrogens is 4. The van der Waals surface area contributed by atoms with E-state index in [0.717, 1.165) is 10.9 Å². The zero-order valence-electron chi connectivity index (χ0n) is 10.3. The van der Waals surface area contributed by atoms with Crippen molar-refractivity contribution in [2.45, 2.75) is 19.4 Å². The first kappa shape index (κ1) is 12.3. The van der Waals surface area contributed by atoms with Crippen LogP contribution in [0.15, 0.2) is 15.9 Å². The predicted octanol–water partition coefficient (Wildman–Crippen LogP) is -0.587. The standard InChI is InChI=1S/C11H14N4O3/c1-13-9-8(10(17)14(2)11(13)18)15(7-12-9)5-3-4-6-16/h6-7H,3-5H2,1-2H3. The van der Waals surface area contributed by atoms with E-state index in [1.165, 1.54) is 17.9 Å². The molecule has 0 saturated heterocycles. The summed E-state index contributed by atoms with van der Waals surface area (Å²) in [6.45, 7) is 0.530. The molecule has 0 bridgehead atoms. The monoisotopic (exact) mass is 250 g/mol. The van der Waals surface area contributed by atoms with Crippen molar-refractivity contribution in [3.8, 4) is 0 Å². The summed E-state index contributed by atoms with van der Waals surface area (Å²) in [6.07, 6.45) is 3.44. The van der Waals surface area contributed by atoms with Gasteiger partial charge in [0.15, 0.2) is 11.2 Å².